The summed E-state index contributed by atoms with van der Waals surface area (Å²) in [5.41, 5.74) is 6.25. The molecule has 0 saturated carbocycles. The average molecular weight is 634 g/mol. The SMILES string of the molecule is CN(c1ccc(-c2cnc3[nH]c4ccc(CS(=O)(=O)c5ccccc5)cc4c3c2-c2ccccc2)cc1)S(=O)(=O)c1c[nH]cn1. The van der Waals surface area contributed by atoms with Crippen LogP contribution in [0, 0.1) is 0 Å². The molecule has 2 N–H and O–H groups in total. The van der Waals surface area contributed by atoms with Gasteiger partial charge in [0.1, 0.15) is 5.65 Å². The van der Waals surface area contributed by atoms with Gasteiger partial charge in [0.15, 0.2) is 14.9 Å². The van der Waals surface area contributed by atoms with Crippen LogP contribution in [0.4, 0.5) is 5.69 Å². The standard InChI is InChI=1S/C34H27N5O4S2/c1-39(45(42,43)31-20-35-22-37-31)26-15-13-24(14-16-26)29-19-36-34-33(32(29)25-8-4-2-5-9-25)28-18-23(12-17-30(28)38-34)21-44(40,41)27-10-6-3-7-11-27/h2-20,22H,21H2,1H3,(H,35,37)(H,36,38). The van der Waals surface area contributed by atoms with Crippen LogP contribution in [0.25, 0.3) is 44.2 Å². The molecule has 0 bridgehead atoms. The van der Waals surface area contributed by atoms with Gasteiger partial charge in [-0.1, -0.05) is 66.7 Å². The number of anilines is 1. The first kappa shape index (κ1) is 28.5. The molecule has 0 radical (unpaired) electrons. The van der Waals surface area contributed by atoms with Crippen LogP contribution in [0.15, 0.2) is 132 Å². The minimum Gasteiger partial charge on any atom is -0.350 e. The van der Waals surface area contributed by atoms with Crippen LogP contribution < -0.4 is 4.31 Å². The molecule has 0 fully saturated rings. The molecular weight excluding hydrogens is 607 g/mol. The van der Waals surface area contributed by atoms with Crippen molar-refractivity contribution in [1.29, 1.82) is 0 Å². The van der Waals surface area contributed by atoms with Crippen LogP contribution in [-0.2, 0) is 25.6 Å². The number of hydrogen-bond acceptors (Lipinski definition) is 6. The molecule has 0 spiro atoms. The predicted molar refractivity (Wildman–Crippen MR) is 176 cm³/mol. The Hall–Kier alpha value is -5.26. The number of benzene rings is 4. The van der Waals surface area contributed by atoms with Crippen LogP contribution in [0.2, 0.25) is 0 Å². The van der Waals surface area contributed by atoms with E-state index in [1.807, 2.05) is 60.7 Å². The Morgan fingerprint density at radius 3 is 2.18 bits per heavy atom. The van der Waals surface area contributed by atoms with E-state index < -0.39 is 19.9 Å². The Balaban J connectivity index is 1.35. The van der Waals surface area contributed by atoms with Gasteiger partial charge in [0, 0.05) is 46.9 Å². The van der Waals surface area contributed by atoms with Crippen molar-refractivity contribution in [3.63, 3.8) is 0 Å². The molecule has 0 aliphatic heterocycles. The second-order valence-electron chi connectivity index (χ2n) is 10.6. The number of pyridine rings is 1. The van der Waals surface area contributed by atoms with E-state index in [1.54, 1.807) is 48.7 Å². The van der Waals surface area contributed by atoms with Crippen molar-refractivity contribution in [3.8, 4) is 22.3 Å². The minimum absolute atomic E-state index is 0.0645. The molecule has 45 heavy (non-hydrogen) atoms. The maximum Gasteiger partial charge on any atom is 0.283 e. The van der Waals surface area contributed by atoms with E-state index in [1.165, 1.54) is 23.9 Å². The van der Waals surface area contributed by atoms with Gasteiger partial charge in [0.05, 0.1) is 22.7 Å². The number of aromatic nitrogens is 4. The van der Waals surface area contributed by atoms with E-state index in [2.05, 4.69) is 15.0 Å². The molecule has 0 unspecified atom stereocenters. The van der Waals surface area contributed by atoms with Crippen LogP contribution in [0.5, 0.6) is 0 Å². The summed E-state index contributed by atoms with van der Waals surface area (Å²) in [7, 11) is -5.88. The zero-order chi connectivity index (χ0) is 31.2. The molecule has 11 heteroatoms. The summed E-state index contributed by atoms with van der Waals surface area (Å²) in [4.78, 5) is 15.0. The summed E-state index contributed by atoms with van der Waals surface area (Å²) >= 11 is 0. The first-order valence-corrected chi connectivity index (χ1v) is 17.2. The Morgan fingerprint density at radius 1 is 0.778 bits per heavy atom. The van der Waals surface area contributed by atoms with Gasteiger partial charge >= 0.3 is 0 Å². The van der Waals surface area contributed by atoms with E-state index in [0.717, 1.165) is 38.5 Å². The van der Waals surface area contributed by atoms with Gasteiger partial charge in [-0.25, -0.2) is 18.4 Å². The van der Waals surface area contributed by atoms with Gasteiger partial charge < -0.3 is 9.97 Å². The van der Waals surface area contributed by atoms with Crippen molar-refractivity contribution in [1.82, 2.24) is 19.9 Å². The molecule has 4 aromatic carbocycles. The van der Waals surface area contributed by atoms with E-state index in [-0.39, 0.29) is 15.7 Å². The molecule has 0 saturated heterocycles. The molecule has 3 heterocycles. The van der Waals surface area contributed by atoms with Crippen molar-refractivity contribution in [2.45, 2.75) is 15.7 Å². The van der Waals surface area contributed by atoms with Crippen molar-refractivity contribution < 1.29 is 16.8 Å². The molecule has 7 rings (SSSR count). The maximum atomic E-state index is 13.2. The van der Waals surface area contributed by atoms with Crippen molar-refractivity contribution >= 4 is 47.5 Å². The van der Waals surface area contributed by atoms with Crippen molar-refractivity contribution in [2.24, 2.45) is 0 Å². The topological polar surface area (TPSA) is 129 Å². The third-order valence-electron chi connectivity index (χ3n) is 7.85. The predicted octanol–water partition coefficient (Wildman–Crippen LogP) is 6.57. The third kappa shape index (κ3) is 5.15. The van der Waals surface area contributed by atoms with Crippen LogP contribution in [0.3, 0.4) is 0 Å². The fourth-order valence-electron chi connectivity index (χ4n) is 5.56. The van der Waals surface area contributed by atoms with Crippen LogP contribution in [0.1, 0.15) is 5.56 Å². The lowest BCUT2D eigenvalue weighted by atomic mass is 9.92. The normalized spacial score (nSPS) is 12.1. The minimum atomic E-state index is -3.83. The van der Waals surface area contributed by atoms with Crippen molar-refractivity contribution in [2.75, 3.05) is 11.4 Å². The summed E-state index contributed by atoms with van der Waals surface area (Å²) in [6, 6.07) is 31.3. The highest BCUT2D eigenvalue weighted by molar-refractivity contribution is 7.92. The Labute approximate surface area is 260 Å². The summed E-state index contributed by atoms with van der Waals surface area (Å²) in [5.74, 6) is -0.135. The second kappa shape index (κ2) is 11.0. The van der Waals surface area contributed by atoms with Crippen LogP contribution >= 0.6 is 0 Å². The lowest BCUT2D eigenvalue weighted by Gasteiger charge is -2.19. The summed E-state index contributed by atoms with van der Waals surface area (Å²) in [6.45, 7) is 0. The third-order valence-corrected chi connectivity index (χ3v) is 11.2. The number of fused-ring (bicyclic) bond motifs is 3. The fraction of sp³-hybridized carbons (Fsp3) is 0.0588. The van der Waals surface area contributed by atoms with E-state index in [9.17, 15) is 16.8 Å². The molecular formula is C34H27N5O4S2. The highest BCUT2D eigenvalue weighted by atomic mass is 32.2. The Bertz CT molecular complexity index is 2370. The largest absolute Gasteiger partial charge is 0.350 e. The lowest BCUT2D eigenvalue weighted by molar-refractivity contribution is 0.590. The molecule has 7 aromatic rings. The second-order valence-corrected chi connectivity index (χ2v) is 14.5. The highest BCUT2D eigenvalue weighted by Crippen LogP contribution is 2.41. The van der Waals surface area contributed by atoms with Gasteiger partial charge in [-0.05, 0) is 53.1 Å². The molecule has 224 valence electrons. The van der Waals surface area contributed by atoms with Gasteiger partial charge in [-0.15, -0.1) is 0 Å². The monoisotopic (exact) mass is 633 g/mol. The van der Waals surface area contributed by atoms with Crippen molar-refractivity contribution in [3.05, 3.63) is 127 Å². The first-order chi connectivity index (χ1) is 21.7. The Kier molecular flexibility index (Phi) is 6.99. The smallest absolute Gasteiger partial charge is 0.283 e. The van der Waals surface area contributed by atoms with E-state index in [0.29, 0.717) is 16.9 Å². The molecule has 3 aromatic heterocycles. The van der Waals surface area contributed by atoms with E-state index in [4.69, 9.17) is 4.98 Å². The number of rotatable bonds is 8. The molecule has 9 nitrogen and oxygen atoms in total. The first-order valence-electron chi connectivity index (χ1n) is 14.1. The number of sulfonamides is 1. The molecule has 0 amide bonds. The maximum absolute atomic E-state index is 13.2. The number of aromatic amines is 2. The van der Waals surface area contributed by atoms with Gasteiger partial charge in [-0.3, -0.25) is 4.31 Å². The number of imidazole rings is 1. The quantitative estimate of drug-likeness (QED) is 0.195. The molecule has 0 aliphatic rings. The molecule has 0 aliphatic carbocycles. The number of nitrogens with zero attached hydrogens (tertiary/aromatic N) is 3. The summed E-state index contributed by atoms with van der Waals surface area (Å²) in [5, 5.41) is 1.67. The average Bonchev–Trinajstić information content (AvgIpc) is 3.74. The zero-order valence-electron chi connectivity index (χ0n) is 24.0. The number of nitrogens with one attached hydrogen (secondary N) is 2. The number of sulfone groups is 1. The fourth-order valence-corrected chi connectivity index (χ4v) is 8.00. The van der Waals surface area contributed by atoms with Gasteiger partial charge in [-0.2, -0.15) is 8.42 Å². The number of H-pyrrole nitrogens is 2. The number of hydrogen-bond donors (Lipinski definition) is 2. The highest BCUT2D eigenvalue weighted by Gasteiger charge is 2.24. The molecule has 0 atom stereocenters. The summed E-state index contributed by atoms with van der Waals surface area (Å²) in [6.07, 6.45) is 4.48. The van der Waals surface area contributed by atoms with Gasteiger partial charge in [0.2, 0.25) is 0 Å². The Morgan fingerprint density at radius 2 is 1.49 bits per heavy atom. The zero-order valence-corrected chi connectivity index (χ0v) is 25.7. The summed E-state index contributed by atoms with van der Waals surface area (Å²) < 4.78 is 53.6. The lowest BCUT2D eigenvalue weighted by Crippen LogP contribution is -2.26. The van der Waals surface area contributed by atoms with Gasteiger partial charge in [0.25, 0.3) is 10.0 Å². The van der Waals surface area contributed by atoms with Crippen LogP contribution in [-0.4, -0.2) is 43.8 Å². The van der Waals surface area contributed by atoms with E-state index >= 15 is 0 Å².